The molecule has 0 unspecified atom stereocenters. The molecular formula is C14H13Cl2NO. The SMILES string of the molecule is Nc1ccccc1CCOc1cccc(Cl)c1Cl. The van der Waals surface area contributed by atoms with Gasteiger partial charge in [-0.3, -0.25) is 0 Å². The molecule has 0 fully saturated rings. The van der Waals surface area contributed by atoms with E-state index < -0.39 is 0 Å². The molecule has 2 aromatic carbocycles. The summed E-state index contributed by atoms with van der Waals surface area (Å²) in [7, 11) is 0. The lowest BCUT2D eigenvalue weighted by Gasteiger charge is -2.09. The number of ether oxygens (including phenoxy) is 1. The highest BCUT2D eigenvalue weighted by molar-refractivity contribution is 6.42. The maximum atomic E-state index is 6.02. The van der Waals surface area contributed by atoms with Crippen LogP contribution in [0.2, 0.25) is 10.0 Å². The zero-order chi connectivity index (χ0) is 13.0. The molecular weight excluding hydrogens is 269 g/mol. The summed E-state index contributed by atoms with van der Waals surface area (Å²) in [6.07, 6.45) is 0.732. The molecule has 0 aliphatic carbocycles. The lowest BCUT2D eigenvalue weighted by atomic mass is 10.1. The first-order valence-electron chi connectivity index (χ1n) is 5.58. The molecule has 2 N–H and O–H groups in total. The van der Waals surface area contributed by atoms with E-state index >= 15 is 0 Å². The number of halogens is 2. The molecule has 0 saturated heterocycles. The second-order valence-corrected chi connectivity index (χ2v) is 4.63. The van der Waals surface area contributed by atoms with Gasteiger partial charge >= 0.3 is 0 Å². The van der Waals surface area contributed by atoms with Crippen molar-refractivity contribution in [3.8, 4) is 5.75 Å². The van der Waals surface area contributed by atoms with Crippen molar-refractivity contribution < 1.29 is 4.74 Å². The second-order valence-electron chi connectivity index (χ2n) is 3.85. The van der Waals surface area contributed by atoms with Gasteiger partial charge in [0.1, 0.15) is 10.8 Å². The van der Waals surface area contributed by atoms with Gasteiger partial charge in [0.2, 0.25) is 0 Å². The Kier molecular flexibility index (Phi) is 4.34. The number of rotatable bonds is 4. The van der Waals surface area contributed by atoms with Crippen LogP contribution in [0, 0.1) is 0 Å². The highest BCUT2D eigenvalue weighted by Crippen LogP contribution is 2.31. The van der Waals surface area contributed by atoms with Crippen LogP contribution >= 0.6 is 23.2 Å². The van der Waals surface area contributed by atoms with Crippen molar-refractivity contribution in [2.45, 2.75) is 6.42 Å². The molecule has 0 spiro atoms. The summed E-state index contributed by atoms with van der Waals surface area (Å²) in [6, 6.07) is 13.1. The van der Waals surface area contributed by atoms with E-state index in [4.69, 9.17) is 33.7 Å². The van der Waals surface area contributed by atoms with E-state index in [0.717, 1.165) is 17.7 Å². The summed E-state index contributed by atoms with van der Waals surface area (Å²) in [5, 5.41) is 0.939. The molecule has 0 aromatic heterocycles. The molecule has 2 aromatic rings. The fourth-order valence-corrected chi connectivity index (χ4v) is 1.97. The monoisotopic (exact) mass is 281 g/mol. The van der Waals surface area contributed by atoms with Gasteiger partial charge < -0.3 is 10.5 Å². The normalized spacial score (nSPS) is 10.3. The largest absolute Gasteiger partial charge is 0.492 e. The Morgan fingerprint density at radius 1 is 1.00 bits per heavy atom. The molecule has 94 valence electrons. The van der Waals surface area contributed by atoms with Crippen LogP contribution in [0.5, 0.6) is 5.75 Å². The number of nitrogens with two attached hydrogens (primary N) is 1. The Balaban J connectivity index is 1.97. The summed E-state index contributed by atoms with van der Waals surface area (Å²) in [6.45, 7) is 0.508. The van der Waals surface area contributed by atoms with Crippen molar-refractivity contribution in [2.24, 2.45) is 0 Å². The van der Waals surface area contributed by atoms with Gasteiger partial charge in [0.05, 0.1) is 11.6 Å². The topological polar surface area (TPSA) is 35.2 Å². The first-order valence-corrected chi connectivity index (χ1v) is 6.34. The molecule has 2 nitrogen and oxygen atoms in total. The average molecular weight is 282 g/mol. The third-order valence-corrected chi connectivity index (χ3v) is 3.40. The van der Waals surface area contributed by atoms with Crippen LogP contribution in [0.4, 0.5) is 5.69 Å². The van der Waals surface area contributed by atoms with E-state index in [1.165, 1.54) is 0 Å². The summed E-state index contributed by atoms with van der Waals surface area (Å²) >= 11 is 11.9. The van der Waals surface area contributed by atoms with E-state index in [9.17, 15) is 0 Å². The fraction of sp³-hybridized carbons (Fsp3) is 0.143. The van der Waals surface area contributed by atoms with Gasteiger partial charge in [-0.15, -0.1) is 0 Å². The Morgan fingerprint density at radius 3 is 2.56 bits per heavy atom. The zero-order valence-electron chi connectivity index (χ0n) is 9.70. The van der Waals surface area contributed by atoms with Gasteiger partial charge in [0, 0.05) is 12.1 Å². The van der Waals surface area contributed by atoms with Crippen LogP contribution in [0.25, 0.3) is 0 Å². The minimum Gasteiger partial charge on any atom is -0.492 e. The van der Waals surface area contributed by atoms with E-state index in [0.29, 0.717) is 22.4 Å². The minimum atomic E-state index is 0.445. The third kappa shape index (κ3) is 3.09. The minimum absolute atomic E-state index is 0.445. The number of nitrogen functional groups attached to an aromatic ring is 1. The highest BCUT2D eigenvalue weighted by Gasteiger charge is 2.05. The maximum absolute atomic E-state index is 6.02. The summed E-state index contributed by atoms with van der Waals surface area (Å²) in [5.41, 5.74) is 7.69. The number of hydrogen-bond acceptors (Lipinski definition) is 2. The first-order chi connectivity index (χ1) is 8.68. The molecule has 0 saturated carbocycles. The van der Waals surface area contributed by atoms with Crippen LogP contribution in [0.15, 0.2) is 42.5 Å². The zero-order valence-corrected chi connectivity index (χ0v) is 11.2. The molecule has 4 heteroatoms. The summed E-state index contributed by atoms with van der Waals surface area (Å²) in [4.78, 5) is 0. The first kappa shape index (κ1) is 13.1. The Bertz CT molecular complexity index is 543. The third-order valence-electron chi connectivity index (χ3n) is 2.60. The molecule has 0 amide bonds. The molecule has 0 radical (unpaired) electrons. The standard InChI is InChI=1S/C14H13Cl2NO/c15-11-5-3-7-13(14(11)16)18-9-8-10-4-1-2-6-12(10)17/h1-7H,8-9,17H2. The van der Waals surface area contributed by atoms with Gasteiger partial charge in [-0.1, -0.05) is 47.5 Å². The molecule has 0 bridgehead atoms. The average Bonchev–Trinajstić information content (AvgIpc) is 2.37. The molecule has 0 heterocycles. The Morgan fingerprint density at radius 2 is 1.78 bits per heavy atom. The van der Waals surface area contributed by atoms with E-state index in [1.807, 2.05) is 24.3 Å². The van der Waals surface area contributed by atoms with Crippen molar-refractivity contribution in [2.75, 3.05) is 12.3 Å². The molecule has 2 rings (SSSR count). The van der Waals surface area contributed by atoms with Crippen LogP contribution in [-0.2, 0) is 6.42 Å². The predicted molar refractivity (Wildman–Crippen MR) is 76.5 cm³/mol. The molecule has 0 atom stereocenters. The van der Waals surface area contributed by atoms with Gasteiger partial charge in [-0.2, -0.15) is 0 Å². The highest BCUT2D eigenvalue weighted by atomic mass is 35.5. The van der Waals surface area contributed by atoms with Gasteiger partial charge in [-0.05, 0) is 23.8 Å². The fourth-order valence-electron chi connectivity index (χ4n) is 1.63. The van der Waals surface area contributed by atoms with Gasteiger partial charge in [0.25, 0.3) is 0 Å². The molecule has 0 aliphatic rings. The van der Waals surface area contributed by atoms with E-state index in [2.05, 4.69) is 0 Å². The smallest absolute Gasteiger partial charge is 0.139 e. The number of hydrogen-bond donors (Lipinski definition) is 1. The lowest BCUT2D eigenvalue weighted by molar-refractivity contribution is 0.322. The van der Waals surface area contributed by atoms with Gasteiger partial charge in [-0.25, -0.2) is 0 Å². The number of benzene rings is 2. The van der Waals surface area contributed by atoms with Crippen molar-refractivity contribution in [3.63, 3.8) is 0 Å². The predicted octanol–water partition coefficient (Wildman–Crippen LogP) is 4.20. The van der Waals surface area contributed by atoms with E-state index in [1.54, 1.807) is 18.2 Å². The van der Waals surface area contributed by atoms with Crippen molar-refractivity contribution in [1.82, 2.24) is 0 Å². The van der Waals surface area contributed by atoms with Gasteiger partial charge in [0.15, 0.2) is 0 Å². The van der Waals surface area contributed by atoms with Crippen LogP contribution in [-0.4, -0.2) is 6.61 Å². The molecule has 18 heavy (non-hydrogen) atoms. The summed E-state index contributed by atoms with van der Waals surface area (Å²) in [5.74, 6) is 0.596. The number of anilines is 1. The van der Waals surface area contributed by atoms with Crippen molar-refractivity contribution in [3.05, 3.63) is 58.1 Å². The molecule has 0 aliphatic heterocycles. The van der Waals surface area contributed by atoms with Crippen molar-refractivity contribution in [1.29, 1.82) is 0 Å². The van der Waals surface area contributed by atoms with Crippen LogP contribution < -0.4 is 10.5 Å². The van der Waals surface area contributed by atoms with E-state index in [-0.39, 0.29) is 0 Å². The Labute approximate surface area is 116 Å². The number of para-hydroxylation sites is 1. The quantitative estimate of drug-likeness (QED) is 0.853. The summed E-state index contributed by atoms with van der Waals surface area (Å²) < 4.78 is 5.60. The Hall–Kier alpha value is -1.38. The lowest BCUT2D eigenvalue weighted by Crippen LogP contribution is -2.04. The van der Waals surface area contributed by atoms with Crippen LogP contribution in [0.1, 0.15) is 5.56 Å². The van der Waals surface area contributed by atoms with Crippen LogP contribution in [0.3, 0.4) is 0 Å². The maximum Gasteiger partial charge on any atom is 0.139 e. The van der Waals surface area contributed by atoms with Crippen molar-refractivity contribution >= 4 is 28.9 Å². The second kappa shape index (κ2) is 5.98.